The Morgan fingerprint density at radius 2 is 2.06 bits per heavy atom. The molecule has 0 bridgehead atoms. The van der Waals surface area contributed by atoms with Crippen LogP contribution in [-0.2, 0) is 6.54 Å². The van der Waals surface area contributed by atoms with E-state index >= 15 is 0 Å². The fourth-order valence-corrected chi connectivity index (χ4v) is 3.65. The van der Waals surface area contributed by atoms with Gasteiger partial charge in [0.2, 0.25) is 11.6 Å². The molecule has 0 aromatic carbocycles. The number of pyridine rings is 2. The van der Waals surface area contributed by atoms with Crippen molar-refractivity contribution in [3.05, 3.63) is 64.6 Å². The van der Waals surface area contributed by atoms with E-state index < -0.39 is 24.7 Å². The summed E-state index contributed by atoms with van der Waals surface area (Å²) in [6, 6.07) is 2.74. The van der Waals surface area contributed by atoms with Crippen LogP contribution in [0.2, 0.25) is 0 Å². The number of carbonyl (C=O) groups is 2. The Labute approximate surface area is 192 Å². The Hall–Kier alpha value is -3.96. The number of amides is 2. The molecule has 1 N–H and O–H groups in total. The van der Waals surface area contributed by atoms with E-state index in [1.165, 1.54) is 12.4 Å². The van der Waals surface area contributed by atoms with Gasteiger partial charge in [-0.25, -0.2) is 15.0 Å². The van der Waals surface area contributed by atoms with Crippen molar-refractivity contribution in [3.63, 3.8) is 0 Å². The quantitative estimate of drug-likeness (QED) is 0.574. The van der Waals surface area contributed by atoms with Gasteiger partial charge in [0.15, 0.2) is 13.0 Å². The van der Waals surface area contributed by atoms with Gasteiger partial charge in [0.05, 0.1) is 18.3 Å². The Morgan fingerprint density at radius 1 is 1.29 bits per heavy atom. The summed E-state index contributed by atoms with van der Waals surface area (Å²) in [6.45, 7) is 3.71. The third kappa shape index (κ3) is 4.56. The highest BCUT2D eigenvalue weighted by Gasteiger charge is 2.35. The Balaban J connectivity index is 1.53. The van der Waals surface area contributed by atoms with Crippen LogP contribution < -0.4 is 10.1 Å². The minimum absolute atomic E-state index is 0.0448. The molecule has 0 fully saturated rings. The van der Waals surface area contributed by atoms with Gasteiger partial charge in [-0.2, -0.15) is 13.2 Å². The molecule has 1 aliphatic rings. The SMILES string of the molecule is Cc1cc(C(C)N2Cc3c(ccnc3NC(=O)c3ocnc3C)C2=O)cnc1OCC(F)(F)F. The number of nitrogens with one attached hydrogen (secondary N) is 1. The van der Waals surface area contributed by atoms with E-state index in [1.54, 1.807) is 37.8 Å². The number of ether oxygens (including phenoxy) is 1. The summed E-state index contributed by atoms with van der Waals surface area (Å²) in [5, 5.41) is 2.66. The highest BCUT2D eigenvalue weighted by atomic mass is 19.4. The van der Waals surface area contributed by atoms with Crippen molar-refractivity contribution in [3.8, 4) is 5.88 Å². The van der Waals surface area contributed by atoms with E-state index in [0.717, 1.165) is 6.39 Å². The number of fused-ring (bicyclic) bond motifs is 1. The zero-order valence-corrected chi connectivity index (χ0v) is 18.4. The van der Waals surface area contributed by atoms with E-state index in [4.69, 9.17) is 9.15 Å². The molecule has 3 aromatic heterocycles. The Morgan fingerprint density at radius 3 is 2.71 bits per heavy atom. The molecule has 1 aliphatic heterocycles. The fourth-order valence-electron chi connectivity index (χ4n) is 3.65. The molecule has 178 valence electrons. The Kier molecular flexibility index (Phi) is 5.98. The van der Waals surface area contributed by atoms with Crippen molar-refractivity contribution in [1.29, 1.82) is 0 Å². The lowest BCUT2D eigenvalue weighted by Crippen LogP contribution is -2.27. The van der Waals surface area contributed by atoms with Crippen molar-refractivity contribution in [1.82, 2.24) is 19.9 Å². The molecule has 3 aromatic rings. The average molecular weight is 475 g/mol. The minimum atomic E-state index is -4.47. The molecule has 12 heteroatoms. The summed E-state index contributed by atoms with van der Waals surface area (Å²) in [4.78, 5) is 39.3. The van der Waals surface area contributed by atoms with Crippen molar-refractivity contribution in [2.45, 2.75) is 39.5 Å². The van der Waals surface area contributed by atoms with E-state index in [9.17, 15) is 22.8 Å². The zero-order chi connectivity index (χ0) is 24.6. The second-order valence-electron chi connectivity index (χ2n) is 7.81. The molecule has 4 rings (SSSR count). The smallest absolute Gasteiger partial charge is 0.422 e. The van der Waals surface area contributed by atoms with E-state index in [0.29, 0.717) is 27.9 Å². The van der Waals surface area contributed by atoms with Crippen molar-refractivity contribution in [2.24, 2.45) is 0 Å². The highest BCUT2D eigenvalue weighted by molar-refractivity contribution is 6.05. The zero-order valence-electron chi connectivity index (χ0n) is 18.4. The van der Waals surface area contributed by atoms with Crippen LogP contribution in [0.5, 0.6) is 5.88 Å². The topological polar surface area (TPSA) is 110 Å². The number of nitrogens with zero attached hydrogens (tertiary/aromatic N) is 4. The Bertz CT molecular complexity index is 1260. The standard InChI is InChI=1S/C22H20F3N5O4/c1-11-6-14(7-27-20(11)33-9-22(23,24)25)13(3)30-8-16-15(21(30)32)4-5-26-18(16)29-19(31)17-12(2)28-10-34-17/h4-7,10,13H,8-9H2,1-3H3,(H,26,29,31). The maximum absolute atomic E-state index is 13.1. The van der Waals surface area contributed by atoms with Crippen LogP contribution >= 0.6 is 0 Å². The fraction of sp³-hybridized carbons (Fsp3) is 0.318. The maximum atomic E-state index is 13.1. The molecule has 1 atom stereocenters. The number of alkyl halides is 3. The van der Waals surface area contributed by atoms with Gasteiger partial charge in [0.1, 0.15) is 5.82 Å². The van der Waals surface area contributed by atoms with Gasteiger partial charge in [-0.15, -0.1) is 0 Å². The first kappa shape index (κ1) is 23.2. The summed E-state index contributed by atoms with van der Waals surface area (Å²) in [7, 11) is 0. The van der Waals surface area contributed by atoms with Gasteiger partial charge < -0.3 is 19.4 Å². The van der Waals surface area contributed by atoms with E-state index in [1.807, 2.05) is 0 Å². The number of oxazole rings is 1. The third-order valence-corrected chi connectivity index (χ3v) is 5.43. The van der Waals surface area contributed by atoms with Crippen LogP contribution in [0, 0.1) is 13.8 Å². The lowest BCUT2D eigenvalue weighted by atomic mass is 10.1. The maximum Gasteiger partial charge on any atom is 0.422 e. The molecule has 0 radical (unpaired) electrons. The van der Waals surface area contributed by atoms with Crippen LogP contribution in [0.4, 0.5) is 19.0 Å². The third-order valence-electron chi connectivity index (χ3n) is 5.43. The lowest BCUT2D eigenvalue weighted by Gasteiger charge is -2.25. The molecule has 2 amide bonds. The van der Waals surface area contributed by atoms with Gasteiger partial charge in [-0.05, 0) is 38.5 Å². The molecule has 0 aliphatic carbocycles. The summed E-state index contributed by atoms with van der Waals surface area (Å²) in [5.74, 6) is -0.661. The summed E-state index contributed by atoms with van der Waals surface area (Å²) in [5.41, 5.74) is 2.38. The summed E-state index contributed by atoms with van der Waals surface area (Å²) >= 11 is 0. The van der Waals surface area contributed by atoms with E-state index in [-0.39, 0.29) is 29.9 Å². The predicted octanol–water partition coefficient (Wildman–Crippen LogP) is 3.99. The second-order valence-corrected chi connectivity index (χ2v) is 7.81. The van der Waals surface area contributed by atoms with Gasteiger partial charge in [-0.3, -0.25) is 9.59 Å². The number of aromatic nitrogens is 3. The normalized spacial score (nSPS) is 14.2. The van der Waals surface area contributed by atoms with Crippen LogP contribution in [0.15, 0.2) is 35.3 Å². The van der Waals surface area contributed by atoms with Crippen molar-refractivity contribution >= 4 is 17.6 Å². The highest BCUT2D eigenvalue weighted by Crippen LogP contribution is 2.35. The van der Waals surface area contributed by atoms with Crippen LogP contribution in [-0.4, -0.2) is 44.4 Å². The molecule has 34 heavy (non-hydrogen) atoms. The first-order valence-electron chi connectivity index (χ1n) is 10.2. The molecular formula is C22H20F3N5O4. The van der Waals surface area contributed by atoms with Gasteiger partial charge in [0.25, 0.3) is 11.8 Å². The van der Waals surface area contributed by atoms with Gasteiger partial charge in [-0.1, -0.05) is 0 Å². The number of hydrogen-bond donors (Lipinski definition) is 1. The number of aryl methyl sites for hydroxylation is 2. The molecule has 1 unspecified atom stereocenters. The lowest BCUT2D eigenvalue weighted by molar-refractivity contribution is -0.154. The monoisotopic (exact) mass is 475 g/mol. The molecule has 4 heterocycles. The second kappa shape index (κ2) is 8.76. The largest absolute Gasteiger partial charge is 0.468 e. The first-order chi connectivity index (χ1) is 16.0. The molecule has 0 saturated heterocycles. The molecule has 0 saturated carbocycles. The van der Waals surface area contributed by atoms with Gasteiger partial charge in [0, 0.05) is 29.1 Å². The molecule has 9 nitrogen and oxygen atoms in total. The number of hydrogen-bond acceptors (Lipinski definition) is 7. The van der Waals surface area contributed by atoms with Crippen LogP contribution in [0.1, 0.15) is 56.3 Å². The predicted molar refractivity (Wildman–Crippen MR) is 112 cm³/mol. The number of rotatable bonds is 6. The van der Waals surface area contributed by atoms with Crippen LogP contribution in [0.3, 0.4) is 0 Å². The van der Waals surface area contributed by atoms with E-state index in [2.05, 4.69) is 20.3 Å². The van der Waals surface area contributed by atoms with Crippen molar-refractivity contribution < 1.29 is 31.9 Å². The summed E-state index contributed by atoms with van der Waals surface area (Å²) < 4.78 is 47.2. The number of halogens is 3. The van der Waals surface area contributed by atoms with Gasteiger partial charge >= 0.3 is 6.18 Å². The summed E-state index contributed by atoms with van der Waals surface area (Å²) in [6.07, 6.45) is -0.504. The first-order valence-corrected chi connectivity index (χ1v) is 10.2. The minimum Gasteiger partial charge on any atom is -0.468 e. The van der Waals surface area contributed by atoms with Crippen LogP contribution in [0.25, 0.3) is 0 Å². The number of anilines is 1. The molecular weight excluding hydrogens is 455 g/mol. The average Bonchev–Trinajstić information content (AvgIpc) is 3.35. The van der Waals surface area contributed by atoms with Crippen molar-refractivity contribution in [2.75, 3.05) is 11.9 Å². The number of carbonyl (C=O) groups excluding carboxylic acids is 2. The molecule has 0 spiro atoms.